The molecule has 0 aliphatic heterocycles. The number of aromatic nitrogens is 1. The Morgan fingerprint density at radius 1 is 0.912 bits per heavy atom. The summed E-state index contributed by atoms with van der Waals surface area (Å²) in [6, 6.07) is 7.00. The predicted octanol–water partition coefficient (Wildman–Crippen LogP) is 7.15. The highest BCUT2D eigenvalue weighted by atomic mass is 16.6. The van der Waals surface area contributed by atoms with Gasteiger partial charge >= 0.3 is 11.9 Å². The lowest BCUT2D eigenvalue weighted by atomic mass is 10.1. The molecule has 188 valence electrons. The number of ether oxygens (including phenoxy) is 1. The monoisotopic (exact) mass is 468 g/mol. The Morgan fingerprint density at radius 2 is 1.53 bits per heavy atom. The Morgan fingerprint density at radius 3 is 2.24 bits per heavy atom. The van der Waals surface area contributed by atoms with E-state index in [4.69, 9.17) is 10.5 Å². The number of hydrogen-bond acceptors (Lipinski definition) is 4. The number of esters is 2. The maximum absolute atomic E-state index is 12.2. The minimum absolute atomic E-state index is 0.268. The maximum atomic E-state index is 12.2. The standard InChI is InChI=1S/C29H44N2O3/c1-2-3-4-5-6-7-8-9-10-11-12-13-14-15-16-21-28(32)34-29(33)26(30)22-24-23-31-27-20-18-17-19-25(24)27/h9-10,17-20,23,26,31H,2-8,11-16,21-22,30H2,1H3/b10-9-/t26-/m0/s1. The summed E-state index contributed by atoms with van der Waals surface area (Å²) >= 11 is 0. The number of nitrogens with one attached hydrogen (secondary N) is 1. The summed E-state index contributed by atoms with van der Waals surface area (Å²) in [5.74, 6) is -1.12. The summed E-state index contributed by atoms with van der Waals surface area (Å²) in [5, 5.41) is 1.03. The molecule has 34 heavy (non-hydrogen) atoms. The van der Waals surface area contributed by atoms with E-state index in [0.717, 1.165) is 42.1 Å². The number of H-pyrrole nitrogens is 1. The normalized spacial score (nSPS) is 12.4. The van der Waals surface area contributed by atoms with Gasteiger partial charge in [-0.1, -0.05) is 88.6 Å². The first-order chi connectivity index (χ1) is 16.6. The first-order valence-electron chi connectivity index (χ1n) is 13.3. The summed E-state index contributed by atoms with van der Waals surface area (Å²) in [7, 11) is 0. The third-order valence-electron chi connectivity index (χ3n) is 6.27. The number of para-hydroxylation sites is 1. The van der Waals surface area contributed by atoms with E-state index in [0.29, 0.717) is 6.42 Å². The second-order valence-electron chi connectivity index (χ2n) is 9.30. The first-order valence-corrected chi connectivity index (χ1v) is 13.3. The Labute approximate surface area is 205 Å². The van der Waals surface area contributed by atoms with Gasteiger partial charge in [0.1, 0.15) is 6.04 Å². The number of rotatable bonds is 18. The number of benzene rings is 1. The number of allylic oxidation sites excluding steroid dienone is 2. The summed E-state index contributed by atoms with van der Waals surface area (Å²) in [6.45, 7) is 2.25. The van der Waals surface area contributed by atoms with Crippen LogP contribution in [-0.2, 0) is 20.7 Å². The van der Waals surface area contributed by atoms with Crippen LogP contribution >= 0.6 is 0 Å². The van der Waals surface area contributed by atoms with Crippen LogP contribution in [0.2, 0.25) is 0 Å². The molecule has 0 fully saturated rings. The van der Waals surface area contributed by atoms with Crippen molar-refractivity contribution < 1.29 is 14.3 Å². The van der Waals surface area contributed by atoms with E-state index in [9.17, 15) is 9.59 Å². The Kier molecular flexibility index (Phi) is 14.0. The smallest absolute Gasteiger partial charge is 0.330 e. The van der Waals surface area contributed by atoms with Gasteiger partial charge in [-0.3, -0.25) is 4.79 Å². The Bertz CT molecular complexity index is 871. The highest BCUT2D eigenvalue weighted by molar-refractivity contribution is 5.89. The lowest BCUT2D eigenvalue weighted by molar-refractivity contribution is -0.160. The van der Waals surface area contributed by atoms with Crippen molar-refractivity contribution in [1.29, 1.82) is 0 Å². The van der Waals surface area contributed by atoms with Gasteiger partial charge in [-0.05, 0) is 43.7 Å². The van der Waals surface area contributed by atoms with E-state index in [1.165, 1.54) is 57.8 Å². The van der Waals surface area contributed by atoms with Gasteiger partial charge in [-0.15, -0.1) is 0 Å². The van der Waals surface area contributed by atoms with Crippen molar-refractivity contribution in [1.82, 2.24) is 4.98 Å². The van der Waals surface area contributed by atoms with Gasteiger partial charge in [0.25, 0.3) is 0 Å². The zero-order valence-electron chi connectivity index (χ0n) is 21.0. The molecule has 5 nitrogen and oxygen atoms in total. The van der Waals surface area contributed by atoms with Gasteiger partial charge in [0.05, 0.1) is 0 Å². The van der Waals surface area contributed by atoms with Crippen LogP contribution in [0.4, 0.5) is 0 Å². The van der Waals surface area contributed by atoms with Crippen molar-refractivity contribution in [2.75, 3.05) is 0 Å². The molecule has 0 saturated heterocycles. The molecule has 2 rings (SSSR count). The van der Waals surface area contributed by atoms with Crippen LogP contribution in [0, 0.1) is 0 Å². The molecule has 1 aromatic carbocycles. The van der Waals surface area contributed by atoms with Crippen LogP contribution in [0.3, 0.4) is 0 Å². The fourth-order valence-electron chi connectivity index (χ4n) is 4.20. The molecule has 0 radical (unpaired) electrons. The number of unbranched alkanes of at least 4 members (excludes halogenated alkanes) is 11. The topological polar surface area (TPSA) is 85.2 Å². The van der Waals surface area contributed by atoms with Crippen LogP contribution in [0.25, 0.3) is 10.9 Å². The highest BCUT2D eigenvalue weighted by Gasteiger charge is 2.20. The average molecular weight is 469 g/mol. The van der Waals surface area contributed by atoms with E-state index in [1.54, 1.807) is 0 Å². The SMILES string of the molecule is CCCCCCCC/C=C\CCCCCCCC(=O)OC(=O)[C@@H](N)Cc1c[nH]c2ccccc12. The van der Waals surface area contributed by atoms with Crippen LogP contribution in [0.1, 0.15) is 102 Å². The summed E-state index contributed by atoms with van der Waals surface area (Å²) in [6.07, 6.45) is 22.7. The van der Waals surface area contributed by atoms with E-state index in [2.05, 4.69) is 24.1 Å². The van der Waals surface area contributed by atoms with Crippen LogP contribution in [-0.4, -0.2) is 23.0 Å². The fourth-order valence-corrected chi connectivity index (χ4v) is 4.20. The number of nitrogens with two attached hydrogens (primary N) is 1. The molecule has 0 spiro atoms. The number of carbonyl (C=O) groups excluding carboxylic acids is 2. The zero-order chi connectivity index (χ0) is 24.4. The maximum Gasteiger partial charge on any atom is 0.330 e. The van der Waals surface area contributed by atoms with Crippen molar-refractivity contribution in [2.45, 2.75) is 109 Å². The van der Waals surface area contributed by atoms with Crippen molar-refractivity contribution in [2.24, 2.45) is 5.73 Å². The van der Waals surface area contributed by atoms with E-state index >= 15 is 0 Å². The molecule has 5 heteroatoms. The third-order valence-corrected chi connectivity index (χ3v) is 6.27. The quantitative estimate of drug-likeness (QED) is 0.105. The van der Waals surface area contributed by atoms with Gasteiger partial charge in [-0.25, -0.2) is 4.79 Å². The van der Waals surface area contributed by atoms with Crippen molar-refractivity contribution in [3.8, 4) is 0 Å². The minimum atomic E-state index is -0.850. The summed E-state index contributed by atoms with van der Waals surface area (Å²) in [4.78, 5) is 27.4. The van der Waals surface area contributed by atoms with Gasteiger partial charge in [0, 0.05) is 29.9 Å². The van der Waals surface area contributed by atoms with Crippen LogP contribution < -0.4 is 5.73 Å². The molecule has 0 amide bonds. The lowest BCUT2D eigenvalue weighted by Crippen LogP contribution is -2.35. The number of aromatic amines is 1. The molecule has 0 aliphatic rings. The van der Waals surface area contributed by atoms with Gasteiger partial charge in [0.15, 0.2) is 0 Å². The second-order valence-corrected chi connectivity index (χ2v) is 9.30. The fraction of sp³-hybridized carbons (Fsp3) is 0.586. The van der Waals surface area contributed by atoms with Crippen LogP contribution in [0.15, 0.2) is 42.6 Å². The number of hydrogen-bond donors (Lipinski definition) is 2. The minimum Gasteiger partial charge on any atom is -0.392 e. The van der Waals surface area contributed by atoms with Crippen LogP contribution in [0.5, 0.6) is 0 Å². The van der Waals surface area contributed by atoms with Crippen molar-refractivity contribution in [3.05, 3.63) is 48.2 Å². The second kappa shape index (κ2) is 17.1. The molecule has 0 unspecified atom stereocenters. The molecule has 0 bridgehead atoms. The molecule has 2 aromatic rings. The van der Waals surface area contributed by atoms with Crippen molar-refractivity contribution in [3.63, 3.8) is 0 Å². The molecule has 1 aromatic heterocycles. The Hall–Kier alpha value is -2.40. The number of carbonyl (C=O) groups is 2. The molecular weight excluding hydrogens is 424 g/mol. The van der Waals surface area contributed by atoms with E-state index in [1.807, 2.05) is 30.5 Å². The largest absolute Gasteiger partial charge is 0.392 e. The predicted molar refractivity (Wildman–Crippen MR) is 141 cm³/mol. The zero-order valence-corrected chi connectivity index (χ0v) is 21.0. The van der Waals surface area contributed by atoms with Gasteiger partial charge in [-0.2, -0.15) is 0 Å². The molecular formula is C29H44N2O3. The molecule has 3 N–H and O–H groups in total. The Balaban J connectivity index is 1.46. The van der Waals surface area contributed by atoms with Gasteiger partial charge in [0.2, 0.25) is 0 Å². The number of fused-ring (bicyclic) bond motifs is 1. The van der Waals surface area contributed by atoms with Crippen molar-refractivity contribution >= 4 is 22.8 Å². The average Bonchev–Trinajstić information content (AvgIpc) is 3.24. The molecule has 0 aliphatic carbocycles. The van der Waals surface area contributed by atoms with E-state index < -0.39 is 18.0 Å². The first kappa shape index (κ1) is 27.8. The van der Waals surface area contributed by atoms with E-state index in [-0.39, 0.29) is 6.42 Å². The third kappa shape index (κ3) is 11.1. The molecule has 1 atom stereocenters. The molecule has 0 saturated carbocycles. The summed E-state index contributed by atoms with van der Waals surface area (Å²) in [5.41, 5.74) is 7.93. The van der Waals surface area contributed by atoms with Gasteiger partial charge < -0.3 is 15.5 Å². The lowest BCUT2D eigenvalue weighted by Gasteiger charge is -2.10. The summed E-state index contributed by atoms with van der Waals surface area (Å²) < 4.78 is 4.97. The highest BCUT2D eigenvalue weighted by Crippen LogP contribution is 2.19. The molecule has 1 heterocycles.